The predicted molar refractivity (Wildman–Crippen MR) is 111 cm³/mol. The van der Waals surface area contributed by atoms with Crippen molar-refractivity contribution in [3.05, 3.63) is 47.5 Å². The van der Waals surface area contributed by atoms with Gasteiger partial charge in [-0.05, 0) is 43.4 Å². The smallest absolute Gasteiger partial charge is 0.334 e. The Hall–Kier alpha value is -2.02. The Morgan fingerprint density at radius 2 is 2.00 bits per heavy atom. The molecule has 8 heteroatoms. The zero-order chi connectivity index (χ0) is 22.5. The van der Waals surface area contributed by atoms with Crippen LogP contribution >= 0.6 is 11.6 Å². The molecule has 1 aliphatic rings. The first-order valence-electron chi connectivity index (χ1n) is 10.00. The molecule has 1 fully saturated rings. The summed E-state index contributed by atoms with van der Waals surface area (Å²) in [4.78, 5) is 27.3. The van der Waals surface area contributed by atoms with Crippen LogP contribution in [0, 0.1) is 5.41 Å². The van der Waals surface area contributed by atoms with E-state index in [2.05, 4.69) is 6.58 Å². The van der Waals surface area contributed by atoms with Crippen molar-refractivity contribution in [1.82, 2.24) is 9.80 Å². The maximum Gasteiger partial charge on any atom is 0.406 e. The molecule has 0 radical (unpaired) electrons. The van der Waals surface area contributed by atoms with Crippen LogP contribution in [0.4, 0.5) is 13.2 Å². The first-order valence-corrected chi connectivity index (χ1v) is 10.4. The monoisotopic (exact) mass is 444 g/mol. The van der Waals surface area contributed by atoms with Crippen LogP contribution in [0.15, 0.2) is 36.9 Å². The minimum Gasteiger partial charge on any atom is -0.334 e. The van der Waals surface area contributed by atoms with Crippen LogP contribution in [0.5, 0.6) is 0 Å². The van der Waals surface area contributed by atoms with Gasteiger partial charge in [0.25, 0.3) is 0 Å². The Bertz CT molecular complexity index is 754. The Labute approximate surface area is 180 Å². The van der Waals surface area contributed by atoms with Gasteiger partial charge in [0.2, 0.25) is 12.3 Å². The van der Waals surface area contributed by atoms with Crippen LogP contribution in [-0.4, -0.2) is 47.4 Å². The molecule has 0 saturated carbocycles. The highest BCUT2D eigenvalue weighted by molar-refractivity contribution is 6.30. The van der Waals surface area contributed by atoms with Crippen molar-refractivity contribution >= 4 is 23.9 Å². The summed E-state index contributed by atoms with van der Waals surface area (Å²) in [6.45, 7) is 5.90. The van der Waals surface area contributed by atoms with Gasteiger partial charge in [-0.3, -0.25) is 9.59 Å². The number of hydrogen-bond acceptors (Lipinski definition) is 2. The summed E-state index contributed by atoms with van der Waals surface area (Å²) in [6, 6.07) is 6.30. The second-order valence-electron chi connectivity index (χ2n) is 8.08. The zero-order valence-corrected chi connectivity index (χ0v) is 18.0. The number of nitrogens with zero attached hydrogens (tertiary/aromatic N) is 2. The Morgan fingerprint density at radius 1 is 1.37 bits per heavy atom. The van der Waals surface area contributed by atoms with Crippen molar-refractivity contribution in [2.75, 3.05) is 13.1 Å². The number of rotatable bonds is 9. The summed E-state index contributed by atoms with van der Waals surface area (Å²) >= 11 is 6.00. The first-order chi connectivity index (χ1) is 14.0. The zero-order valence-electron chi connectivity index (χ0n) is 17.3. The van der Waals surface area contributed by atoms with E-state index >= 15 is 0 Å². The highest BCUT2D eigenvalue weighted by Crippen LogP contribution is 2.44. The van der Waals surface area contributed by atoms with E-state index in [1.165, 1.54) is 0 Å². The van der Waals surface area contributed by atoms with Gasteiger partial charge >= 0.3 is 6.18 Å². The molecule has 0 bridgehead atoms. The fraction of sp³-hybridized carbons (Fsp3) is 0.545. The minimum absolute atomic E-state index is 0.127. The molecule has 1 aromatic rings. The van der Waals surface area contributed by atoms with E-state index in [-0.39, 0.29) is 24.9 Å². The average Bonchev–Trinajstić information content (AvgIpc) is 2.68. The van der Waals surface area contributed by atoms with Crippen molar-refractivity contribution < 1.29 is 22.8 Å². The van der Waals surface area contributed by atoms with Crippen molar-refractivity contribution in [3.8, 4) is 0 Å². The fourth-order valence-corrected chi connectivity index (χ4v) is 4.28. The first kappa shape index (κ1) is 24.3. The van der Waals surface area contributed by atoms with Crippen LogP contribution in [-0.2, 0) is 9.59 Å². The van der Waals surface area contributed by atoms with Crippen LogP contribution in [0.2, 0.25) is 5.02 Å². The number of allylic oxidation sites excluding steroid dienone is 1. The van der Waals surface area contributed by atoms with E-state index in [9.17, 15) is 22.8 Å². The number of piperidine rings is 1. The lowest BCUT2D eigenvalue weighted by atomic mass is 9.74. The SMILES string of the molecule is C=CC[C@@]1(C)CC[C@@H](c2ccc(Cl)cc2)N(C(CC)CN(C=O)CC(F)(F)F)C1=O. The van der Waals surface area contributed by atoms with Gasteiger partial charge in [0.1, 0.15) is 6.54 Å². The number of alkyl halides is 3. The Morgan fingerprint density at radius 3 is 2.50 bits per heavy atom. The summed E-state index contributed by atoms with van der Waals surface area (Å²) in [5, 5.41) is 0.563. The molecule has 0 N–H and O–H groups in total. The molecule has 1 heterocycles. The molecule has 0 aliphatic carbocycles. The summed E-state index contributed by atoms with van der Waals surface area (Å²) in [7, 11) is 0. The van der Waals surface area contributed by atoms with Gasteiger partial charge in [-0.15, -0.1) is 6.58 Å². The molecule has 1 unspecified atom stereocenters. The predicted octanol–water partition coefficient (Wildman–Crippen LogP) is 5.39. The van der Waals surface area contributed by atoms with Gasteiger partial charge in [0.05, 0.1) is 11.5 Å². The lowest BCUT2D eigenvalue weighted by Crippen LogP contribution is -2.56. The summed E-state index contributed by atoms with van der Waals surface area (Å²) in [5.74, 6) is -0.127. The minimum atomic E-state index is -4.50. The molecule has 166 valence electrons. The lowest BCUT2D eigenvalue weighted by molar-refractivity contribution is -0.161. The molecule has 1 aliphatic heterocycles. The quantitative estimate of drug-likeness (QED) is 0.378. The number of carbonyl (C=O) groups excluding carboxylic acids is 2. The highest BCUT2D eigenvalue weighted by Gasteiger charge is 2.46. The number of benzene rings is 1. The van der Waals surface area contributed by atoms with Crippen LogP contribution in [0.3, 0.4) is 0 Å². The van der Waals surface area contributed by atoms with E-state index in [1.54, 1.807) is 23.1 Å². The van der Waals surface area contributed by atoms with Crippen molar-refractivity contribution in [1.29, 1.82) is 0 Å². The van der Waals surface area contributed by atoms with E-state index in [0.717, 1.165) is 5.56 Å². The van der Waals surface area contributed by atoms with Gasteiger partial charge in [-0.25, -0.2) is 0 Å². The van der Waals surface area contributed by atoms with Gasteiger partial charge in [-0.1, -0.05) is 43.7 Å². The van der Waals surface area contributed by atoms with E-state index in [4.69, 9.17) is 11.6 Å². The van der Waals surface area contributed by atoms with Crippen molar-refractivity contribution in [3.63, 3.8) is 0 Å². The largest absolute Gasteiger partial charge is 0.406 e. The van der Waals surface area contributed by atoms with Crippen LogP contribution in [0.25, 0.3) is 0 Å². The maximum absolute atomic E-state index is 13.6. The van der Waals surface area contributed by atoms with Gasteiger partial charge in [-0.2, -0.15) is 13.2 Å². The van der Waals surface area contributed by atoms with E-state index in [1.807, 2.05) is 26.0 Å². The van der Waals surface area contributed by atoms with Crippen molar-refractivity contribution in [2.45, 2.75) is 57.8 Å². The summed E-state index contributed by atoms with van der Waals surface area (Å²) in [6.07, 6.45) is -0.412. The third-order valence-electron chi connectivity index (χ3n) is 5.75. The van der Waals surface area contributed by atoms with Gasteiger partial charge in [0.15, 0.2) is 0 Å². The highest BCUT2D eigenvalue weighted by atomic mass is 35.5. The number of amides is 2. The topological polar surface area (TPSA) is 40.6 Å². The molecule has 0 aromatic heterocycles. The third-order valence-corrected chi connectivity index (χ3v) is 6.00. The molecule has 1 saturated heterocycles. The Balaban J connectivity index is 2.41. The van der Waals surface area contributed by atoms with Crippen LogP contribution in [0.1, 0.15) is 51.1 Å². The third kappa shape index (κ3) is 5.78. The molecular formula is C22H28ClF3N2O2. The van der Waals surface area contributed by atoms with Crippen molar-refractivity contribution in [2.24, 2.45) is 5.41 Å². The number of likely N-dealkylation sites (tertiary alicyclic amines) is 1. The Kier molecular flexibility index (Phi) is 7.97. The maximum atomic E-state index is 13.6. The lowest BCUT2D eigenvalue weighted by Gasteiger charge is -2.48. The molecule has 30 heavy (non-hydrogen) atoms. The van der Waals surface area contributed by atoms with E-state index in [0.29, 0.717) is 35.6 Å². The average molecular weight is 445 g/mol. The number of halogens is 4. The molecule has 2 amide bonds. The molecule has 0 spiro atoms. The summed E-state index contributed by atoms with van der Waals surface area (Å²) < 4.78 is 38.6. The standard InChI is InChI=1S/C22H28ClF3N2O2/c1-4-11-21(3)12-10-19(16-6-8-17(23)9-7-16)28(20(21)30)18(5-2)13-27(15-29)14-22(24,25)26/h4,6-9,15,18-19H,1,5,10-14H2,2-3H3/t18?,19-,21-/m0/s1. The number of carbonyl (C=O) groups is 2. The van der Waals surface area contributed by atoms with Crippen LogP contribution < -0.4 is 0 Å². The molecule has 4 nitrogen and oxygen atoms in total. The number of hydrogen-bond donors (Lipinski definition) is 0. The summed E-state index contributed by atoms with van der Waals surface area (Å²) in [5.41, 5.74) is 0.203. The van der Waals surface area contributed by atoms with E-state index < -0.39 is 24.2 Å². The molecule has 2 rings (SSSR count). The second kappa shape index (κ2) is 9.86. The molecule has 3 atom stereocenters. The normalized spacial score (nSPS) is 23.2. The fourth-order valence-electron chi connectivity index (χ4n) is 4.15. The second-order valence-corrected chi connectivity index (χ2v) is 8.52. The van der Waals surface area contributed by atoms with Gasteiger partial charge < -0.3 is 9.80 Å². The molecule has 1 aromatic carbocycles. The molecular weight excluding hydrogens is 417 g/mol. The van der Waals surface area contributed by atoms with Gasteiger partial charge in [0, 0.05) is 17.6 Å².